The van der Waals surface area contributed by atoms with Gasteiger partial charge in [0.25, 0.3) is 0 Å². The number of hydrogen-bond acceptors (Lipinski definition) is 1. The van der Waals surface area contributed by atoms with Crippen molar-refractivity contribution >= 4 is 6.08 Å². The van der Waals surface area contributed by atoms with E-state index in [0.29, 0.717) is 0 Å². The summed E-state index contributed by atoms with van der Waals surface area (Å²) < 4.78 is 0. The van der Waals surface area contributed by atoms with Crippen LogP contribution >= 0.6 is 0 Å². The molecular weight excluding hydrogens is 242 g/mol. The molecule has 1 heteroatoms. The van der Waals surface area contributed by atoms with Crippen LogP contribution in [0.1, 0.15) is 5.56 Å². The first-order chi connectivity index (χ1) is 9.85. The Hall–Kier alpha value is -2.85. The molecule has 100 valence electrons. The van der Waals surface area contributed by atoms with E-state index in [0.717, 1.165) is 0 Å². The molecule has 1 rings (SSSR count). The van der Waals surface area contributed by atoms with Crippen LogP contribution < -0.4 is 0 Å². The molecule has 1 nitrogen and oxygen atoms in total. The van der Waals surface area contributed by atoms with Crippen molar-refractivity contribution in [1.29, 1.82) is 5.26 Å². The number of hydrogen-bond donors (Lipinski definition) is 0. The van der Waals surface area contributed by atoms with Crippen LogP contribution in [0.3, 0.4) is 0 Å². The van der Waals surface area contributed by atoms with E-state index in [4.69, 9.17) is 5.26 Å². The van der Waals surface area contributed by atoms with Gasteiger partial charge in [0.1, 0.15) is 0 Å². The zero-order chi connectivity index (χ0) is 14.9. The zero-order valence-corrected chi connectivity index (χ0v) is 11.5. The molecular formula is C19H19N. The summed E-state index contributed by atoms with van der Waals surface area (Å²) in [5.41, 5.74) is 1.21. The highest BCUT2D eigenvalue weighted by Gasteiger charge is 1.78. The van der Waals surface area contributed by atoms with Gasteiger partial charge in [0.2, 0.25) is 0 Å². The lowest BCUT2D eigenvalue weighted by Gasteiger charge is -1.87. The van der Waals surface area contributed by atoms with Crippen LogP contribution in [0.2, 0.25) is 0 Å². The normalized spacial score (nSPS) is 10.6. The molecule has 1 aromatic rings. The van der Waals surface area contributed by atoms with Crippen molar-refractivity contribution in [3.8, 4) is 6.07 Å². The third kappa shape index (κ3) is 11.6. The van der Waals surface area contributed by atoms with Gasteiger partial charge in [-0.1, -0.05) is 98.2 Å². The highest BCUT2D eigenvalue weighted by Crippen LogP contribution is 2.00. The quantitative estimate of drug-likeness (QED) is 0.524. The Morgan fingerprint density at radius 2 is 1.40 bits per heavy atom. The Balaban J connectivity index is 0.000000396. The number of allylic oxidation sites excluding steroid dienone is 9. The van der Waals surface area contributed by atoms with Crippen molar-refractivity contribution in [3.63, 3.8) is 0 Å². The topological polar surface area (TPSA) is 23.8 Å². The molecule has 1 aromatic carbocycles. The third-order valence-electron chi connectivity index (χ3n) is 1.98. The molecule has 0 bridgehead atoms. The Morgan fingerprint density at radius 1 is 0.800 bits per heavy atom. The summed E-state index contributed by atoms with van der Waals surface area (Å²) in [4.78, 5) is 0. The number of rotatable bonds is 5. The second kappa shape index (κ2) is 14.2. The SMILES string of the molecule is C=CC=CC=CC#N.C=CC=CC=Cc1ccccc1. The summed E-state index contributed by atoms with van der Waals surface area (Å²) in [5.74, 6) is 0. The largest absolute Gasteiger partial charge is 0.193 e. The molecule has 0 aliphatic carbocycles. The molecule has 20 heavy (non-hydrogen) atoms. The fourth-order valence-electron chi connectivity index (χ4n) is 1.11. The second-order valence-corrected chi connectivity index (χ2v) is 3.50. The summed E-state index contributed by atoms with van der Waals surface area (Å²) in [6.07, 6.45) is 17.9. The van der Waals surface area contributed by atoms with Crippen LogP contribution in [-0.2, 0) is 0 Å². The number of nitriles is 1. The van der Waals surface area contributed by atoms with E-state index in [2.05, 4.69) is 31.4 Å². The minimum Gasteiger partial charge on any atom is -0.193 e. The van der Waals surface area contributed by atoms with Crippen LogP contribution in [0.4, 0.5) is 0 Å². The maximum atomic E-state index is 7.97. The third-order valence-corrected chi connectivity index (χ3v) is 1.98. The fourth-order valence-corrected chi connectivity index (χ4v) is 1.11. The van der Waals surface area contributed by atoms with Crippen molar-refractivity contribution in [3.05, 3.63) is 104 Å². The Bertz CT molecular complexity index is 523. The van der Waals surface area contributed by atoms with Gasteiger partial charge in [0.05, 0.1) is 6.07 Å². The first-order valence-corrected chi connectivity index (χ1v) is 6.19. The van der Waals surface area contributed by atoms with E-state index in [1.807, 2.05) is 42.5 Å². The van der Waals surface area contributed by atoms with Gasteiger partial charge in [0.15, 0.2) is 0 Å². The van der Waals surface area contributed by atoms with Gasteiger partial charge in [-0.15, -0.1) is 0 Å². The van der Waals surface area contributed by atoms with Crippen LogP contribution in [0.5, 0.6) is 0 Å². The van der Waals surface area contributed by atoms with E-state index in [1.54, 1.807) is 30.4 Å². The summed E-state index contributed by atoms with van der Waals surface area (Å²) in [5, 5.41) is 7.97. The zero-order valence-electron chi connectivity index (χ0n) is 11.5. The van der Waals surface area contributed by atoms with Gasteiger partial charge in [-0.2, -0.15) is 5.26 Å². The first-order valence-electron chi connectivity index (χ1n) is 6.19. The minimum absolute atomic E-state index is 1.21. The predicted molar refractivity (Wildman–Crippen MR) is 88.9 cm³/mol. The van der Waals surface area contributed by atoms with Gasteiger partial charge in [-0.05, 0) is 5.56 Å². The van der Waals surface area contributed by atoms with Crippen LogP contribution in [-0.4, -0.2) is 0 Å². The smallest absolute Gasteiger partial charge is 0.0912 e. The molecule has 0 spiro atoms. The highest BCUT2D eigenvalue weighted by atomic mass is 14.2. The summed E-state index contributed by atoms with van der Waals surface area (Å²) in [7, 11) is 0. The molecule has 0 aromatic heterocycles. The van der Waals surface area contributed by atoms with E-state index in [1.165, 1.54) is 11.6 Å². The first kappa shape index (κ1) is 17.2. The average Bonchev–Trinajstić information content (AvgIpc) is 2.50. The van der Waals surface area contributed by atoms with Crippen LogP contribution in [0, 0.1) is 11.3 Å². The monoisotopic (exact) mass is 261 g/mol. The van der Waals surface area contributed by atoms with E-state index in [9.17, 15) is 0 Å². The molecule has 0 N–H and O–H groups in total. The molecule has 0 amide bonds. The van der Waals surface area contributed by atoms with E-state index in [-0.39, 0.29) is 0 Å². The van der Waals surface area contributed by atoms with Gasteiger partial charge < -0.3 is 0 Å². The molecule has 0 radical (unpaired) electrons. The molecule has 0 aliphatic heterocycles. The summed E-state index contributed by atoms with van der Waals surface area (Å²) >= 11 is 0. The molecule has 0 atom stereocenters. The summed E-state index contributed by atoms with van der Waals surface area (Å²) in [6, 6.07) is 12.1. The maximum absolute atomic E-state index is 7.97. The van der Waals surface area contributed by atoms with Crippen molar-refractivity contribution < 1.29 is 0 Å². The Labute approximate surface area is 121 Å². The number of benzene rings is 1. The Morgan fingerprint density at radius 3 is 1.95 bits per heavy atom. The van der Waals surface area contributed by atoms with Crippen LogP contribution in [0.15, 0.2) is 98.2 Å². The highest BCUT2D eigenvalue weighted by molar-refractivity contribution is 5.50. The summed E-state index contributed by atoms with van der Waals surface area (Å²) in [6.45, 7) is 7.04. The molecule has 0 saturated heterocycles. The van der Waals surface area contributed by atoms with Gasteiger partial charge >= 0.3 is 0 Å². The molecule has 0 fully saturated rings. The lowest BCUT2D eigenvalue weighted by Crippen LogP contribution is -1.66. The van der Waals surface area contributed by atoms with Gasteiger partial charge in [-0.3, -0.25) is 0 Å². The van der Waals surface area contributed by atoms with Crippen molar-refractivity contribution in [1.82, 2.24) is 0 Å². The molecule has 0 heterocycles. The van der Waals surface area contributed by atoms with Crippen LogP contribution in [0.25, 0.3) is 6.08 Å². The molecule has 0 aliphatic rings. The lowest BCUT2D eigenvalue weighted by molar-refractivity contribution is 1.53. The lowest BCUT2D eigenvalue weighted by atomic mass is 10.2. The predicted octanol–water partition coefficient (Wildman–Crippen LogP) is 5.25. The standard InChI is InChI=1S/C12H12.C7H7N/c1-2-3-4-6-9-12-10-7-5-8-11-12;1-2-3-4-5-6-7-8/h2-11H,1H2;2-6H,1H2. The second-order valence-electron chi connectivity index (χ2n) is 3.50. The minimum atomic E-state index is 1.21. The Kier molecular flexibility index (Phi) is 12.2. The van der Waals surface area contributed by atoms with Crippen molar-refractivity contribution in [2.24, 2.45) is 0 Å². The van der Waals surface area contributed by atoms with E-state index >= 15 is 0 Å². The van der Waals surface area contributed by atoms with E-state index < -0.39 is 0 Å². The number of nitrogens with zero attached hydrogens (tertiary/aromatic N) is 1. The van der Waals surface area contributed by atoms with Gasteiger partial charge in [0, 0.05) is 6.08 Å². The van der Waals surface area contributed by atoms with Crippen molar-refractivity contribution in [2.45, 2.75) is 0 Å². The van der Waals surface area contributed by atoms with Gasteiger partial charge in [-0.25, -0.2) is 0 Å². The molecule has 0 unspecified atom stereocenters. The van der Waals surface area contributed by atoms with Crippen molar-refractivity contribution in [2.75, 3.05) is 0 Å². The maximum Gasteiger partial charge on any atom is 0.0912 e. The average molecular weight is 261 g/mol. The molecule has 0 saturated carbocycles. The fraction of sp³-hybridized carbons (Fsp3) is 0.